The molecule has 8 nitrogen and oxygen atoms in total. The molecule has 0 unspecified atom stereocenters. The Morgan fingerprint density at radius 1 is 0.969 bits per heavy atom. The maximum atomic E-state index is 13.0. The summed E-state index contributed by atoms with van der Waals surface area (Å²) >= 11 is 0. The molecule has 0 bridgehead atoms. The molecule has 0 spiro atoms. The van der Waals surface area contributed by atoms with E-state index in [1.54, 1.807) is 30.5 Å². The summed E-state index contributed by atoms with van der Waals surface area (Å²) in [4.78, 5) is 15.7. The Hall–Kier alpha value is -3.50. The molecule has 2 aromatic carbocycles. The summed E-state index contributed by atoms with van der Waals surface area (Å²) in [6.45, 7) is 0.147. The van der Waals surface area contributed by atoms with Gasteiger partial charge >= 0.3 is 0 Å². The van der Waals surface area contributed by atoms with Gasteiger partial charge in [0.05, 0.1) is 20.9 Å². The molecular formula is C22H18N2O6S2. The second-order valence-electron chi connectivity index (χ2n) is 7.07. The van der Waals surface area contributed by atoms with Crippen LogP contribution in [0.3, 0.4) is 0 Å². The molecule has 0 aliphatic heterocycles. The number of benzene rings is 2. The molecule has 0 saturated heterocycles. The molecule has 0 aliphatic rings. The van der Waals surface area contributed by atoms with Crippen molar-refractivity contribution in [3.63, 3.8) is 0 Å². The average molecular weight is 471 g/mol. The van der Waals surface area contributed by atoms with Gasteiger partial charge in [0.2, 0.25) is 9.84 Å². The van der Waals surface area contributed by atoms with Crippen molar-refractivity contribution in [2.24, 2.45) is 0 Å². The van der Waals surface area contributed by atoms with Crippen molar-refractivity contribution in [3.8, 4) is 0 Å². The van der Waals surface area contributed by atoms with Crippen LogP contribution in [-0.4, -0.2) is 34.0 Å². The lowest BCUT2D eigenvalue weighted by molar-refractivity contribution is 0.0925. The molecule has 0 aliphatic carbocycles. The summed E-state index contributed by atoms with van der Waals surface area (Å²) in [5.41, 5.74) is 1.16. The Labute approximate surface area is 184 Å². The van der Waals surface area contributed by atoms with Crippen LogP contribution in [0.25, 0.3) is 11.0 Å². The molecule has 0 radical (unpaired) electrons. The minimum absolute atomic E-state index is 0.0477. The van der Waals surface area contributed by atoms with Crippen molar-refractivity contribution < 1.29 is 26.0 Å². The summed E-state index contributed by atoms with van der Waals surface area (Å²) in [6, 6.07) is 14.7. The van der Waals surface area contributed by atoms with E-state index in [4.69, 9.17) is 4.42 Å². The number of nitrogens with one attached hydrogen (secondary N) is 1. The van der Waals surface area contributed by atoms with E-state index < -0.39 is 25.6 Å². The first-order valence-electron chi connectivity index (χ1n) is 9.41. The van der Waals surface area contributed by atoms with Crippen LogP contribution in [0.2, 0.25) is 0 Å². The number of carbonyl (C=O) groups excluding carboxylic acids is 1. The SMILES string of the molecule is CS(=O)(=O)c1ccccc1S(=O)(=O)c1ccc(CNC(=O)c2cc3ccncc3o2)cc1. The highest BCUT2D eigenvalue weighted by molar-refractivity contribution is 7.94. The highest BCUT2D eigenvalue weighted by Crippen LogP contribution is 2.27. The molecule has 0 saturated carbocycles. The minimum atomic E-state index is -4.05. The van der Waals surface area contributed by atoms with E-state index in [-0.39, 0.29) is 27.0 Å². The standard InChI is InChI=1S/C22H18N2O6S2/c1-31(26,27)20-4-2-3-5-21(20)32(28,29)17-8-6-15(7-9-17)13-24-22(25)18-12-16-10-11-23-14-19(16)30-18/h2-12,14H,13H2,1H3,(H,24,25). The van der Waals surface area contributed by atoms with Gasteiger partial charge in [0, 0.05) is 24.4 Å². The topological polar surface area (TPSA) is 123 Å². The molecule has 1 amide bonds. The fraction of sp³-hybridized carbons (Fsp3) is 0.0909. The number of aromatic nitrogens is 1. The molecule has 2 heterocycles. The van der Waals surface area contributed by atoms with Gasteiger partial charge in [-0.1, -0.05) is 24.3 Å². The average Bonchev–Trinajstić information content (AvgIpc) is 3.22. The number of nitrogens with zero attached hydrogens (tertiary/aromatic N) is 1. The highest BCUT2D eigenvalue weighted by atomic mass is 32.2. The van der Waals surface area contributed by atoms with Crippen molar-refractivity contribution in [2.75, 3.05) is 6.26 Å². The molecule has 4 rings (SSSR count). The van der Waals surface area contributed by atoms with E-state index in [0.717, 1.165) is 11.6 Å². The summed E-state index contributed by atoms with van der Waals surface area (Å²) in [5.74, 6) is -0.274. The first-order valence-corrected chi connectivity index (χ1v) is 12.8. The molecule has 0 atom stereocenters. The number of furan rings is 1. The van der Waals surface area contributed by atoms with E-state index in [1.807, 2.05) is 0 Å². The van der Waals surface area contributed by atoms with Crippen molar-refractivity contribution in [3.05, 3.63) is 84.4 Å². The minimum Gasteiger partial charge on any atom is -0.449 e. The van der Waals surface area contributed by atoms with Crippen LogP contribution in [0.15, 0.2) is 92.2 Å². The van der Waals surface area contributed by atoms with Gasteiger partial charge in [0.1, 0.15) is 0 Å². The second-order valence-corrected chi connectivity index (χ2v) is 11.0. The number of sulfone groups is 2. The molecule has 32 heavy (non-hydrogen) atoms. The predicted octanol–water partition coefficient (Wildman–Crippen LogP) is 2.99. The summed E-state index contributed by atoms with van der Waals surface area (Å²) in [7, 11) is -7.77. The Balaban J connectivity index is 1.51. The smallest absolute Gasteiger partial charge is 0.287 e. The van der Waals surface area contributed by atoms with Crippen LogP contribution < -0.4 is 5.32 Å². The van der Waals surface area contributed by atoms with Gasteiger partial charge in [0.25, 0.3) is 5.91 Å². The summed E-state index contributed by atoms with van der Waals surface area (Å²) < 4.78 is 55.4. The van der Waals surface area contributed by atoms with Crippen LogP contribution in [0, 0.1) is 0 Å². The number of amides is 1. The van der Waals surface area contributed by atoms with Gasteiger partial charge in [0.15, 0.2) is 21.2 Å². The van der Waals surface area contributed by atoms with Crippen LogP contribution in [0.1, 0.15) is 16.1 Å². The highest BCUT2D eigenvalue weighted by Gasteiger charge is 2.25. The number of fused-ring (bicyclic) bond motifs is 1. The first kappa shape index (κ1) is 21.7. The van der Waals surface area contributed by atoms with Crippen LogP contribution in [0.5, 0.6) is 0 Å². The van der Waals surface area contributed by atoms with Crippen molar-refractivity contribution in [2.45, 2.75) is 21.2 Å². The molecule has 4 aromatic rings. The van der Waals surface area contributed by atoms with Crippen molar-refractivity contribution in [1.29, 1.82) is 0 Å². The van der Waals surface area contributed by atoms with Crippen molar-refractivity contribution in [1.82, 2.24) is 10.3 Å². The van der Waals surface area contributed by atoms with E-state index in [2.05, 4.69) is 10.3 Å². The fourth-order valence-corrected chi connectivity index (χ4v) is 6.04. The number of hydrogen-bond acceptors (Lipinski definition) is 7. The lowest BCUT2D eigenvalue weighted by atomic mass is 10.2. The lowest BCUT2D eigenvalue weighted by Crippen LogP contribution is -2.22. The van der Waals surface area contributed by atoms with Crippen LogP contribution >= 0.6 is 0 Å². The Bertz CT molecular complexity index is 1490. The number of hydrogen-bond donors (Lipinski definition) is 1. The third-order valence-electron chi connectivity index (χ3n) is 4.77. The van der Waals surface area contributed by atoms with Gasteiger partial charge in [-0.25, -0.2) is 16.8 Å². The third-order valence-corrected chi connectivity index (χ3v) is 7.88. The Kier molecular flexibility index (Phi) is 5.57. The maximum Gasteiger partial charge on any atom is 0.287 e. The van der Waals surface area contributed by atoms with Crippen molar-refractivity contribution >= 4 is 36.6 Å². The molecule has 164 valence electrons. The quantitative estimate of drug-likeness (QED) is 0.459. The number of carbonyl (C=O) groups is 1. The predicted molar refractivity (Wildman–Crippen MR) is 117 cm³/mol. The summed E-state index contributed by atoms with van der Waals surface area (Å²) in [6.07, 6.45) is 4.09. The van der Waals surface area contributed by atoms with Gasteiger partial charge in [-0.15, -0.1) is 0 Å². The van der Waals surface area contributed by atoms with E-state index in [1.165, 1.54) is 42.6 Å². The van der Waals surface area contributed by atoms with Crippen LogP contribution in [0.4, 0.5) is 0 Å². The molecule has 2 aromatic heterocycles. The zero-order valence-corrected chi connectivity index (χ0v) is 18.5. The zero-order chi connectivity index (χ0) is 22.9. The van der Waals surface area contributed by atoms with Crippen LogP contribution in [-0.2, 0) is 26.2 Å². The fourth-order valence-electron chi connectivity index (χ4n) is 3.16. The van der Waals surface area contributed by atoms with E-state index >= 15 is 0 Å². The summed E-state index contributed by atoms with van der Waals surface area (Å²) in [5, 5.41) is 3.47. The van der Waals surface area contributed by atoms with E-state index in [9.17, 15) is 21.6 Å². The van der Waals surface area contributed by atoms with Gasteiger partial charge < -0.3 is 9.73 Å². The zero-order valence-electron chi connectivity index (χ0n) is 16.8. The molecule has 10 heteroatoms. The molecular weight excluding hydrogens is 452 g/mol. The monoisotopic (exact) mass is 470 g/mol. The van der Waals surface area contributed by atoms with Gasteiger partial charge in [-0.2, -0.15) is 0 Å². The maximum absolute atomic E-state index is 13.0. The molecule has 0 fully saturated rings. The number of pyridine rings is 1. The third kappa shape index (κ3) is 4.27. The van der Waals surface area contributed by atoms with Gasteiger partial charge in [-0.3, -0.25) is 9.78 Å². The second kappa shape index (κ2) is 8.21. The lowest BCUT2D eigenvalue weighted by Gasteiger charge is -2.10. The number of rotatable bonds is 6. The Morgan fingerprint density at radius 3 is 2.31 bits per heavy atom. The Morgan fingerprint density at radius 2 is 1.66 bits per heavy atom. The first-order chi connectivity index (χ1) is 15.2. The van der Waals surface area contributed by atoms with Gasteiger partial charge in [-0.05, 0) is 42.0 Å². The largest absolute Gasteiger partial charge is 0.449 e. The normalized spacial score (nSPS) is 12.0. The molecule has 1 N–H and O–H groups in total. The van der Waals surface area contributed by atoms with E-state index in [0.29, 0.717) is 11.1 Å².